The molecule has 0 spiro atoms. The van der Waals surface area contributed by atoms with Gasteiger partial charge in [-0.3, -0.25) is 0 Å². The molecule has 0 aromatic heterocycles. The summed E-state index contributed by atoms with van der Waals surface area (Å²) in [4.78, 5) is 0. The van der Waals surface area contributed by atoms with E-state index in [1.165, 1.54) is 5.56 Å². The zero-order valence-electron chi connectivity index (χ0n) is 8.20. The summed E-state index contributed by atoms with van der Waals surface area (Å²) < 4.78 is 5.55. The maximum atomic E-state index is 5.55. The van der Waals surface area contributed by atoms with Gasteiger partial charge in [-0.1, -0.05) is 24.3 Å². The van der Waals surface area contributed by atoms with Crippen molar-refractivity contribution in [2.24, 2.45) is 0 Å². The van der Waals surface area contributed by atoms with Crippen molar-refractivity contribution in [1.29, 1.82) is 0 Å². The summed E-state index contributed by atoms with van der Waals surface area (Å²) in [6, 6.07) is 8.55. The van der Waals surface area contributed by atoms with E-state index >= 15 is 0 Å². The Bertz CT molecular complexity index is 322. The zero-order valence-corrected chi connectivity index (χ0v) is 8.20. The van der Waals surface area contributed by atoms with Crippen LogP contribution in [0.5, 0.6) is 5.75 Å². The molecule has 1 unspecified atom stereocenters. The first-order valence-electron chi connectivity index (χ1n) is 4.98. The van der Waals surface area contributed by atoms with E-state index in [0.29, 0.717) is 6.04 Å². The standard InChI is InChI=1S/C12H15NO/c1-2-3-8-13-11-9-14-12-7-5-4-6-10(11)12/h2,4-7,11,13H,1,3,8-9H2. The number of para-hydroxylation sites is 1. The maximum Gasteiger partial charge on any atom is 0.124 e. The lowest BCUT2D eigenvalue weighted by atomic mass is 10.1. The summed E-state index contributed by atoms with van der Waals surface area (Å²) >= 11 is 0. The summed E-state index contributed by atoms with van der Waals surface area (Å²) in [5.41, 5.74) is 1.27. The first kappa shape index (κ1) is 9.28. The van der Waals surface area contributed by atoms with Crippen LogP contribution >= 0.6 is 0 Å². The number of nitrogens with one attached hydrogen (secondary N) is 1. The van der Waals surface area contributed by atoms with Crippen LogP contribution in [0.15, 0.2) is 36.9 Å². The third-order valence-corrected chi connectivity index (χ3v) is 2.44. The van der Waals surface area contributed by atoms with Crippen LogP contribution in [-0.4, -0.2) is 13.2 Å². The van der Waals surface area contributed by atoms with Crippen molar-refractivity contribution >= 4 is 0 Å². The van der Waals surface area contributed by atoms with Crippen LogP contribution in [0.1, 0.15) is 18.0 Å². The van der Waals surface area contributed by atoms with Gasteiger partial charge in [0, 0.05) is 5.56 Å². The molecule has 0 bridgehead atoms. The second-order valence-electron chi connectivity index (χ2n) is 3.43. The third-order valence-electron chi connectivity index (χ3n) is 2.44. The fourth-order valence-electron chi connectivity index (χ4n) is 1.69. The Morgan fingerprint density at radius 3 is 3.21 bits per heavy atom. The molecule has 0 aliphatic carbocycles. The van der Waals surface area contributed by atoms with Crippen molar-refractivity contribution in [3.63, 3.8) is 0 Å². The van der Waals surface area contributed by atoms with E-state index in [9.17, 15) is 0 Å². The summed E-state index contributed by atoms with van der Waals surface area (Å²) in [6.07, 6.45) is 2.92. The Kier molecular flexibility index (Phi) is 2.84. The third kappa shape index (κ3) is 1.80. The van der Waals surface area contributed by atoms with Crippen LogP contribution in [-0.2, 0) is 0 Å². The number of hydrogen-bond acceptors (Lipinski definition) is 2. The number of fused-ring (bicyclic) bond motifs is 1. The molecule has 0 saturated heterocycles. The van der Waals surface area contributed by atoms with E-state index in [-0.39, 0.29) is 0 Å². The number of hydrogen-bond donors (Lipinski definition) is 1. The molecule has 1 aromatic carbocycles. The predicted octanol–water partition coefficient (Wildman–Crippen LogP) is 2.29. The van der Waals surface area contributed by atoms with Crippen LogP contribution in [0.4, 0.5) is 0 Å². The molecule has 1 aliphatic heterocycles. The molecule has 1 aromatic rings. The van der Waals surface area contributed by atoms with E-state index < -0.39 is 0 Å². The molecular weight excluding hydrogens is 174 g/mol. The monoisotopic (exact) mass is 189 g/mol. The quantitative estimate of drug-likeness (QED) is 0.579. The molecule has 1 heterocycles. The van der Waals surface area contributed by atoms with Gasteiger partial charge in [0.2, 0.25) is 0 Å². The Hall–Kier alpha value is -1.28. The highest BCUT2D eigenvalue weighted by molar-refractivity contribution is 5.39. The van der Waals surface area contributed by atoms with Crippen molar-refractivity contribution in [3.05, 3.63) is 42.5 Å². The van der Waals surface area contributed by atoms with Crippen molar-refractivity contribution in [2.75, 3.05) is 13.2 Å². The molecule has 0 fully saturated rings. The summed E-state index contributed by atoms with van der Waals surface area (Å²) in [7, 11) is 0. The Labute approximate surface area is 84.6 Å². The minimum absolute atomic E-state index is 0.353. The van der Waals surface area contributed by atoms with Gasteiger partial charge in [-0.2, -0.15) is 0 Å². The number of benzene rings is 1. The normalized spacial score (nSPS) is 18.7. The summed E-state index contributed by atoms with van der Waals surface area (Å²) in [5.74, 6) is 1.02. The van der Waals surface area contributed by atoms with Gasteiger partial charge in [0.1, 0.15) is 12.4 Å². The van der Waals surface area contributed by atoms with Gasteiger partial charge in [-0.15, -0.1) is 6.58 Å². The molecule has 74 valence electrons. The van der Waals surface area contributed by atoms with Gasteiger partial charge in [0.15, 0.2) is 0 Å². The molecule has 0 saturated carbocycles. The lowest BCUT2D eigenvalue weighted by molar-refractivity contribution is 0.312. The van der Waals surface area contributed by atoms with E-state index in [2.05, 4.69) is 24.0 Å². The minimum Gasteiger partial charge on any atom is -0.491 e. The molecule has 2 nitrogen and oxygen atoms in total. The zero-order chi connectivity index (χ0) is 9.80. The SMILES string of the molecule is C=CCCNC1COc2ccccc21. The fourth-order valence-corrected chi connectivity index (χ4v) is 1.69. The van der Waals surface area contributed by atoms with Gasteiger partial charge in [-0.05, 0) is 19.0 Å². The van der Waals surface area contributed by atoms with Gasteiger partial charge in [0.25, 0.3) is 0 Å². The van der Waals surface area contributed by atoms with Crippen LogP contribution < -0.4 is 10.1 Å². The molecule has 1 aliphatic rings. The highest BCUT2D eigenvalue weighted by atomic mass is 16.5. The van der Waals surface area contributed by atoms with E-state index in [4.69, 9.17) is 4.74 Å². The second kappa shape index (κ2) is 4.29. The molecule has 2 rings (SSSR count). The summed E-state index contributed by atoms with van der Waals surface area (Å²) in [6.45, 7) is 5.41. The molecular formula is C12H15NO. The topological polar surface area (TPSA) is 21.3 Å². The smallest absolute Gasteiger partial charge is 0.124 e. The van der Waals surface area contributed by atoms with Crippen molar-refractivity contribution in [2.45, 2.75) is 12.5 Å². The van der Waals surface area contributed by atoms with Gasteiger partial charge in [0.05, 0.1) is 6.04 Å². The van der Waals surface area contributed by atoms with E-state index in [1.54, 1.807) is 0 Å². The predicted molar refractivity (Wildman–Crippen MR) is 57.5 cm³/mol. The largest absolute Gasteiger partial charge is 0.491 e. The average molecular weight is 189 g/mol. The van der Waals surface area contributed by atoms with Gasteiger partial charge >= 0.3 is 0 Å². The van der Waals surface area contributed by atoms with Crippen LogP contribution in [0.2, 0.25) is 0 Å². The van der Waals surface area contributed by atoms with Gasteiger partial charge in [-0.25, -0.2) is 0 Å². The lowest BCUT2D eigenvalue weighted by Gasteiger charge is -2.09. The first-order chi connectivity index (χ1) is 6.92. The first-order valence-corrected chi connectivity index (χ1v) is 4.98. The van der Waals surface area contributed by atoms with E-state index in [0.717, 1.165) is 25.3 Å². The van der Waals surface area contributed by atoms with E-state index in [1.807, 2.05) is 18.2 Å². The molecule has 0 amide bonds. The maximum absolute atomic E-state index is 5.55. The van der Waals surface area contributed by atoms with Crippen LogP contribution in [0.3, 0.4) is 0 Å². The fraction of sp³-hybridized carbons (Fsp3) is 0.333. The molecule has 14 heavy (non-hydrogen) atoms. The molecule has 1 N–H and O–H groups in total. The van der Waals surface area contributed by atoms with Crippen molar-refractivity contribution in [3.8, 4) is 5.75 Å². The molecule has 1 atom stereocenters. The van der Waals surface area contributed by atoms with Gasteiger partial charge < -0.3 is 10.1 Å². The highest BCUT2D eigenvalue weighted by Crippen LogP contribution is 2.31. The van der Waals surface area contributed by atoms with Crippen LogP contribution in [0.25, 0.3) is 0 Å². The van der Waals surface area contributed by atoms with Crippen LogP contribution in [0, 0.1) is 0 Å². The molecule has 0 radical (unpaired) electrons. The average Bonchev–Trinajstić information content (AvgIpc) is 2.63. The van der Waals surface area contributed by atoms with Crippen molar-refractivity contribution in [1.82, 2.24) is 5.32 Å². The Morgan fingerprint density at radius 1 is 1.50 bits per heavy atom. The Morgan fingerprint density at radius 2 is 2.36 bits per heavy atom. The number of ether oxygens (including phenoxy) is 1. The Balaban J connectivity index is 1.99. The highest BCUT2D eigenvalue weighted by Gasteiger charge is 2.22. The minimum atomic E-state index is 0.353. The second-order valence-corrected chi connectivity index (χ2v) is 3.43. The van der Waals surface area contributed by atoms with Crippen molar-refractivity contribution < 1.29 is 4.74 Å². The lowest BCUT2D eigenvalue weighted by Crippen LogP contribution is -2.23. The summed E-state index contributed by atoms with van der Waals surface area (Å²) in [5, 5.41) is 3.44. The molecule has 2 heteroatoms. The number of rotatable bonds is 4.